The van der Waals surface area contributed by atoms with Crippen molar-refractivity contribution in [2.24, 2.45) is 0 Å². The first kappa shape index (κ1) is 16.4. The van der Waals surface area contributed by atoms with Crippen molar-refractivity contribution < 1.29 is 8.42 Å². The van der Waals surface area contributed by atoms with Gasteiger partial charge in [0.25, 0.3) is 0 Å². The van der Waals surface area contributed by atoms with Crippen molar-refractivity contribution in [2.45, 2.75) is 26.1 Å². The highest BCUT2D eigenvalue weighted by Gasteiger charge is 2.16. The van der Waals surface area contributed by atoms with Crippen LogP contribution in [-0.2, 0) is 22.3 Å². The van der Waals surface area contributed by atoms with Crippen molar-refractivity contribution in [1.82, 2.24) is 19.3 Å². The summed E-state index contributed by atoms with van der Waals surface area (Å²) in [6.07, 6.45) is 0. The van der Waals surface area contributed by atoms with E-state index >= 15 is 0 Å². The summed E-state index contributed by atoms with van der Waals surface area (Å²) in [6, 6.07) is 6.76. The van der Waals surface area contributed by atoms with Crippen LogP contribution in [0.15, 0.2) is 24.3 Å². The molecule has 2 heterocycles. The van der Waals surface area contributed by atoms with Crippen LogP contribution < -0.4 is 4.72 Å². The minimum absolute atomic E-state index is 0.0960. The van der Waals surface area contributed by atoms with Gasteiger partial charge in [0.15, 0.2) is 0 Å². The molecule has 0 radical (unpaired) electrons. The third-order valence-electron chi connectivity index (χ3n) is 3.33. The number of sulfonamides is 1. The molecule has 1 N–H and O–H groups in total. The van der Waals surface area contributed by atoms with Gasteiger partial charge < -0.3 is 0 Å². The summed E-state index contributed by atoms with van der Waals surface area (Å²) in [4.78, 5) is 5.17. The van der Waals surface area contributed by atoms with Crippen LogP contribution in [0.3, 0.4) is 0 Å². The van der Waals surface area contributed by atoms with Gasteiger partial charge >= 0.3 is 0 Å². The molecule has 0 saturated carbocycles. The Kier molecular flexibility index (Phi) is 4.41. The molecule has 122 valence electrons. The Morgan fingerprint density at radius 1 is 1.26 bits per heavy atom. The largest absolute Gasteiger partial charge is 0.223 e. The second kappa shape index (κ2) is 6.20. The Bertz CT molecular complexity index is 945. The fraction of sp³-hybridized carbons (Fsp3) is 0.286. The van der Waals surface area contributed by atoms with Gasteiger partial charge in [-0.1, -0.05) is 35.1 Å². The van der Waals surface area contributed by atoms with E-state index in [0.717, 1.165) is 21.4 Å². The highest BCUT2D eigenvalue weighted by molar-refractivity contribution is 7.88. The molecule has 0 saturated heterocycles. The number of imidazole rings is 1. The minimum Gasteiger partial charge on any atom is -0.223 e. The van der Waals surface area contributed by atoms with Crippen molar-refractivity contribution in [1.29, 1.82) is 0 Å². The summed E-state index contributed by atoms with van der Waals surface area (Å²) in [5.41, 5.74) is 2.21. The van der Waals surface area contributed by atoms with Crippen molar-refractivity contribution in [3.05, 3.63) is 51.2 Å². The summed E-state index contributed by atoms with van der Waals surface area (Å²) in [6.45, 7) is 3.90. The molecule has 0 amide bonds. The number of fused-ring (bicyclic) bond motifs is 1. The second-order valence-corrected chi connectivity index (χ2v) is 8.57. The number of rotatable bonds is 5. The molecule has 0 spiro atoms. The van der Waals surface area contributed by atoms with E-state index in [1.807, 2.05) is 13.8 Å². The van der Waals surface area contributed by atoms with Gasteiger partial charge in [0.1, 0.15) is 5.01 Å². The number of hydrogen-bond acceptors (Lipinski definition) is 5. The maximum atomic E-state index is 12.2. The SMILES string of the molecule is Cc1nn2c(CNS(=O)(=O)Cc3ccc(Cl)cc3)c(C)nc2s1. The Hall–Kier alpha value is -1.48. The second-order valence-electron chi connectivity index (χ2n) is 5.17. The normalized spacial score (nSPS) is 12.1. The Morgan fingerprint density at radius 2 is 1.96 bits per heavy atom. The number of aryl methyl sites for hydroxylation is 2. The molecule has 0 aliphatic rings. The fourth-order valence-electron chi connectivity index (χ4n) is 2.22. The van der Waals surface area contributed by atoms with E-state index in [2.05, 4.69) is 14.8 Å². The van der Waals surface area contributed by atoms with E-state index in [-0.39, 0.29) is 12.3 Å². The predicted octanol–water partition coefficient (Wildman–Crippen LogP) is 2.68. The maximum Gasteiger partial charge on any atom is 0.216 e. The summed E-state index contributed by atoms with van der Waals surface area (Å²) < 4.78 is 28.8. The first-order valence-electron chi connectivity index (χ1n) is 6.87. The van der Waals surface area contributed by atoms with Crippen LogP contribution in [0, 0.1) is 13.8 Å². The highest BCUT2D eigenvalue weighted by atomic mass is 35.5. The monoisotopic (exact) mass is 370 g/mol. The number of nitrogens with zero attached hydrogens (tertiary/aromatic N) is 3. The summed E-state index contributed by atoms with van der Waals surface area (Å²) in [5.74, 6) is -0.0960. The minimum atomic E-state index is -3.46. The molecule has 2 aromatic heterocycles. The average Bonchev–Trinajstić information content (AvgIpc) is 2.94. The third-order valence-corrected chi connectivity index (χ3v) is 5.70. The number of nitrogens with one attached hydrogen (secondary N) is 1. The molecule has 23 heavy (non-hydrogen) atoms. The quantitative estimate of drug-likeness (QED) is 0.749. The van der Waals surface area contributed by atoms with E-state index in [1.54, 1.807) is 28.8 Å². The standard InChI is InChI=1S/C14H15ClN4O2S2/c1-9-13(19-14(17-9)22-10(2)18-19)7-16-23(20,21)8-11-3-5-12(15)6-4-11/h3-6,16H,7-8H2,1-2H3. The first-order chi connectivity index (χ1) is 10.8. The summed E-state index contributed by atoms with van der Waals surface area (Å²) >= 11 is 7.28. The van der Waals surface area contributed by atoms with Gasteiger partial charge in [-0.25, -0.2) is 22.6 Å². The van der Waals surface area contributed by atoms with Crippen LogP contribution >= 0.6 is 22.9 Å². The van der Waals surface area contributed by atoms with E-state index in [9.17, 15) is 8.42 Å². The van der Waals surface area contributed by atoms with Crippen LogP contribution in [0.1, 0.15) is 22.0 Å². The molecule has 0 unspecified atom stereocenters. The lowest BCUT2D eigenvalue weighted by Gasteiger charge is -2.07. The van der Waals surface area contributed by atoms with Gasteiger partial charge in [-0.2, -0.15) is 5.10 Å². The number of hydrogen-bond donors (Lipinski definition) is 1. The molecular weight excluding hydrogens is 356 g/mol. The molecule has 0 atom stereocenters. The molecule has 9 heteroatoms. The van der Waals surface area contributed by atoms with Crippen LogP contribution in [0.5, 0.6) is 0 Å². The highest BCUT2D eigenvalue weighted by Crippen LogP contribution is 2.18. The van der Waals surface area contributed by atoms with Gasteiger partial charge in [0, 0.05) is 5.02 Å². The predicted molar refractivity (Wildman–Crippen MR) is 91.3 cm³/mol. The molecule has 1 aromatic carbocycles. The van der Waals surface area contributed by atoms with Crippen LogP contribution in [-0.4, -0.2) is 23.0 Å². The zero-order valence-electron chi connectivity index (χ0n) is 12.6. The molecule has 3 aromatic rings. The Labute approximate surface area is 143 Å². The van der Waals surface area contributed by atoms with Gasteiger partial charge in [0.05, 0.1) is 23.7 Å². The van der Waals surface area contributed by atoms with Gasteiger partial charge in [0.2, 0.25) is 15.0 Å². The molecule has 6 nitrogen and oxygen atoms in total. The van der Waals surface area contributed by atoms with E-state index in [0.29, 0.717) is 10.6 Å². The molecule has 0 aliphatic heterocycles. The molecular formula is C14H15ClN4O2S2. The number of halogens is 1. The average molecular weight is 371 g/mol. The third kappa shape index (κ3) is 3.72. The Balaban J connectivity index is 1.75. The molecule has 0 bridgehead atoms. The van der Waals surface area contributed by atoms with Crippen molar-refractivity contribution in [2.75, 3.05) is 0 Å². The van der Waals surface area contributed by atoms with E-state index < -0.39 is 10.0 Å². The van der Waals surface area contributed by atoms with Gasteiger partial charge in [-0.3, -0.25) is 0 Å². The lowest BCUT2D eigenvalue weighted by atomic mass is 10.2. The Morgan fingerprint density at radius 3 is 2.65 bits per heavy atom. The first-order valence-corrected chi connectivity index (χ1v) is 9.72. The van der Waals surface area contributed by atoms with Gasteiger partial charge in [-0.05, 0) is 31.5 Å². The smallest absolute Gasteiger partial charge is 0.216 e. The topological polar surface area (TPSA) is 76.4 Å². The molecule has 0 aliphatic carbocycles. The maximum absolute atomic E-state index is 12.2. The summed E-state index contributed by atoms with van der Waals surface area (Å²) in [5, 5.41) is 5.82. The van der Waals surface area contributed by atoms with E-state index in [1.165, 1.54) is 11.3 Å². The van der Waals surface area contributed by atoms with Crippen molar-refractivity contribution >= 4 is 37.9 Å². The summed E-state index contributed by atoms with van der Waals surface area (Å²) in [7, 11) is -3.46. The number of aromatic nitrogens is 3. The van der Waals surface area contributed by atoms with Gasteiger partial charge in [-0.15, -0.1) is 0 Å². The van der Waals surface area contributed by atoms with Crippen LogP contribution in [0.25, 0.3) is 4.96 Å². The molecule has 0 fully saturated rings. The van der Waals surface area contributed by atoms with Crippen molar-refractivity contribution in [3.8, 4) is 0 Å². The lowest BCUT2D eigenvalue weighted by molar-refractivity contribution is 0.578. The fourth-order valence-corrected chi connectivity index (χ4v) is 4.24. The van der Waals surface area contributed by atoms with E-state index in [4.69, 9.17) is 11.6 Å². The van der Waals surface area contributed by atoms with Crippen LogP contribution in [0.4, 0.5) is 0 Å². The molecule has 3 rings (SSSR count). The zero-order valence-corrected chi connectivity index (χ0v) is 15.0. The zero-order chi connectivity index (χ0) is 16.6. The van der Waals surface area contributed by atoms with Crippen molar-refractivity contribution in [3.63, 3.8) is 0 Å². The van der Waals surface area contributed by atoms with Crippen LogP contribution in [0.2, 0.25) is 5.02 Å². The lowest BCUT2D eigenvalue weighted by Crippen LogP contribution is -2.25. The number of benzene rings is 1.